The van der Waals surface area contributed by atoms with Gasteiger partial charge in [0, 0.05) is 12.1 Å². The second-order valence-electron chi connectivity index (χ2n) is 5.89. The third kappa shape index (κ3) is 2.50. The Morgan fingerprint density at radius 2 is 2.10 bits per heavy atom. The molecule has 1 saturated heterocycles. The van der Waals surface area contributed by atoms with E-state index in [-0.39, 0.29) is 17.9 Å². The molecular formula is C15H21N3O2. The predicted molar refractivity (Wildman–Crippen MR) is 77.0 cm³/mol. The lowest BCUT2D eigenvalue weighted by atomic mass is 9.91. The quantitative estimate of drug-likeness (QED) is 0.865. The number of piperidine rings is 1. The number of carbonyl (C=O) groups is 1. The molecule has 1 atom stereocenters. The van der Waals surface area contributed by atoms with Gasteiger partial charge in [-0.05, 0) is 43.5 Å². The fourth-order valence-corrected chi connectivity index (χ4v) is 2.79. The Labute approximate surface area is 119 Å². The molecule has 0 spiro atoms. The summed E-state index contributed by atoms with van der Waals surface area (Å²) >= 11 is 0. The average Bonchev–Trinajstić information content (AvgIpc) is 2.47. The Morgan fingerprint density at radius 1 is 1.35 bits per heavy atom. The summed E-state index contributed by atoms with van der Waals surface area (Å²) in [6, 6.07) is 2.00. The largest absolute Gasteiger partial charge is 0.476 e. The van der Waals surface area contributed by atoms with Crippen LogP contribution in [0.2, 0.25) is 0 Å². The first-order chi connectivity index (χ1) is 9.65. The average molecular weight is 275 g/mol. The van der Waals surface area contributed by atoms with Crippen LogP contribution < -0.4 is 15.4 Å². The number of hydrogen-bond acceptors (Lipinski definition) is 4. The third-order valence-electron chi connectivity index (χ3n) is 4.11. The number of ether oxygens (including phenoxy) is 1. The molecule has 108 valence electrons. The molecule has 0 radical (unpaired) electrons. The molecule has 5 heteroatoms. The highest BCUT2D eigenvalue weighted by Crippen LogP contribution is 2.33. The van der Waals surface area contributed by atoms with Gasteiger partial charge in [-0.1, -0.05) is 13.8 Å². The summed E-state index contributed by atoms with van der Waals surface area (Å²) < 4.78 is 5.97. The molecule has 1 aromatic heterocycles. The minimum Gasteiger partial charge on any atom is -0.476 e. The zero-order valence-corrected chi connectivity index (χ0v) is 12.0. The molecular weight excluding hydrogens is 254 g/mol. The number of fused-ring (bicyclic) bond motifs is 1. The molecule has 1 amide bonds. The molecule has 20 heavy (non-hydrogen) atoms. The Hall–Kier alpha value is -1.62. The van der Waals surface area contributed by atoms with Crippen LogP contribution in [-0.2, 0) is 4.79 Å². The van der Waals surface area contributed by atoms with Gasteiger partial charge in [0.15, 0.2) is 17.7 Å². The number of rotatable bonds is 2. The highest BCUT2D eigenvalue weighted by atomic mass is 16.5. The number of hydrogen-bond donors (Lipinski definition) is 2. The molecule has 0 aliphatic carbocycles. The number of nitrogens with one attached hydrogen (secondary N) is 2. The Kier molecular flexibility index (Phi) is 3.61. The van der Waals surface area contributed by atoms with E-state index in [4.69, 9.17) is 4.74 Å². The number of pyridine rings is 1. The van der Waals surface area contributed by atoms with Crippen molar-refractivity contribution in [1.82, 2.24) is 10.3 Å². The normalized spacial score (nSPS) is 23.1. The van der Waals surface area contributed by atoms with Gasteiger partial charge in [-0.25, -0.2) is 4.98 Å². The molecule has 2 aliphatic rings. The van der Waals surface area contributed by atoms with Crippen LogP contribution in [0.5, 0.6) is 5.75 Å². The van der Waals surface area contributed by atoms with E-state index in [1.165, 1.54) is 0 Å². The van der Waals surface area contributed by atoms with Gasteiger partial charge in [0.1, 0.15) is 0 Å². The highest BCUT2D eigenvalue weighted by Gasteiger charge is 2.35. The predicted octanol–water partition coefficient (Wildman–Crippen LogP) is 1.90. The maximum absolute atomic E-state index is 12.2. The lowest BCUT2D eigenvalue weighted by molar-refractivity contribution is -0.126. The molecule has 0 bridgehead atoms. The molecule has 2 aliphatic heterocycles. The van der Waals surface area contributed by atoms with Crippen LogP contribution in [0.4, 0.5) is 5.82 Å². The molecule has 0 saturated carbocycles. The van der Waals surface area contributed by atoms with Crippen molar-refractivity contribution >= 4 is 11.7 Å². The highest BCUT2D eigenvalue weighted by molar-refractivity contribution is 5.96. The van der Waals surface area contributed by atoms with Gasteiger partial charge in [0.2, 0.25) is 0 Å². The van der Waals surface area contributed by atoms with Crippen LogP contribution in [0.15, 0.2) is 12.3 Å². The van der Waals surface area contributed by atoms with E-state index in [0.717, 1.165) is 31.5 Å². The SMILES string of the molecule is CC(C)c1cnc2c(c1)OC(C1CCNCC1)C(=O)N2. The summed E-state index contributed by atoms with van der Waals surface area (Å²) in [5, 5.41) is 6.19. The summed E-state index contributed by atoms with van der Waals surface area (Å²) in [5.74, 6) is 1.87. The van der Waals surface area contributed by atoms with Crippen LogP contribution in [0.3, 0.4) is 0 Å². The monoisotopic (exact) mass is 275 g/mol. The van der Waals surface area contributed by atoms with Crippen molar-refractivity contribution in [2.75, 3.05) is 18.4 Å². The lowest BCUT2D eigenvalue weighted by Gasteiger charge is -2.33. The molecule has 2 N–H and O–H groups in total. The zero-order valence-electron chi connectivity index (χ0n) is 12.0. The number of carbonyl (C=O) groups excluding carboxylic acids is 1. The number of aromatic nitrogens is 1. The van der Waals surface area contributed by atoms with Crippen LogP contribution in [0.1, 0.15) is 38.2 Å². The molecule has 5 nitrogen and oxygen atoms in total. The first kappa shape index (κ1) is 13.4. The van der Waals surface area contributed by atoms with Crippen LogP contribution >= 0.6 is 0 Å². The van der Waals surface area contributed by atoms with Gasteiger partial charge in [-0.3, -0.25) is 4.79 Å². The van der Waals surface area contributed by atoms with Gasteiger partial charge in [-0.2, -0.15) is 0 Å². The topological polar surface area (TPSA) is 63.2 Å². The summed E-state index contributed by atoms with van der Waals surface area (Å²) in [6.45, 7) is 6.15. The van der Waals surface area contributed by atoms with Gasteiger partial charge in [0.25, 0.3) is 5.91 Å². The molecule has 1 fully saturated rings. The number of amides is 1. The van der Waals surface area contributed by atoms with Crippen LogP contribution in [-0.4, -0.2) is 30.1 Å². The van der Waals surface area contributed by atoms with E-state index in [1.54, 1.807) is 6.20 Å². The summed E-state index contributed by atoms with van der Waals surface area (Å²) in [6.07, 6.45) is 3.38. The van der Waals surface area contributed by atoms with Gasteiger partial charge in [-0.15, -0.1) is 0 Å². The maximum Gasteiger partial charge on any atom is 0.266 e. The molecule has 3 heterocycles. The van der Waals surface area contributed by atoms with E-state index in [0.29, 0.717) is 17.5 Å². The Bertz CT molecular complexity index is 510. The van der Waals surface area contributed by atoms with E-state index < -0.39 is 0 Å². The third-order valence-corrected chi connectivity index (χ3v) is 4.11. The Balaban J connectivity index is 1.83. The summed E-state index contributed by atoms with van der Waals surface area (Å²) in [5.41, 5.74) is 1.13. The van der Waals surface area contributed by atoms with E-state index in [9.17, 15) is 4.79 Å². The standard InChI is InChI=1S/C15H21N3O2/c1-9(2)11-7-12-14(17-8-11)18-15(19)13(20-12)10-3-5-16-6-4-10/h7-10,13,16H,3-6H2,1-2H3,(H,17,18,19). The van der Waals surface area contributed by atoms with Crippen molar-refractivity contribution in [3.8, 4) is 5.75 Å². The van der Waals surface area contributed by atoms with Gasteiger partial charge in [0.05, 0.1) is 0 Å². The Morgan fingerprint density at radius 3 is 2.80 bits per heavy atom. The van der Waals surface area contributed by atoms with Crippen molar-refractivity contribution in [3.05, 3.63) is 17.8 Å². The summed E-state index contributed by atoms with van der Waals surface area (Å²) in [7, 11) is 0. The first-order valence-corrected chi connectivity index (χ1v) is 7.33. The minimum absolute atomic E-state index is 0.0609. The van der Waals surface area contributed by atoms with Crippen molar-refractivity contribution in [1.29, 1.82) is 0 Å². The fourth-order valence-electron chi connectivity index (χ4n) is 2.79. The minimum atomic E-state index is -0.381. The first-order valence-electron chi connectivity index (χ1n) is 7.33. The van der Waals surface area contributed by atoms with Crippen molar-refractivity contribution < 1.29 is 9.53 Å². The van der Waals surface area contributed by atoms with Crippen LogP contribution in [0, 0.1) is 5.92 Å². The van der Waals surface area contributed by atoms with E-state index >= 15 is 0 Å². The molecule has 3 rings (SSSR count). The fraction of sp³-hybridized carbons (Fsp3) is 0.600. The smallest absolute Gasteiger partial charge is 0.266 e. The second kappa shape index (κ2) is 5.40. The van der Waals surface area contributed by atoms with Crippen molar-refractivity contribution in [2.24, 2.45) is 5.92 Å². The molecule has 0 aromatic carbocycles. The van der Waals surface area contributed by atoms with E-state index in [2.05, 4.69) is 29.5 Å². The van der Waals surface area contributed by atoms with Crippen molar-refractivity contribution in [2.45, 2.75) is 38.7 Å². The summed E-state index contributed by atoms with van der Waals surface area (Å²) in [4.78, 5) is 16.5. The van der Waals surface area contributed by atoms with Crippen LogP contribution in [0.25, 0.3) is 0 Å². The maximum atomic E-state index is 12.2. The molecule has 1 aromatic rings. The molecule has 1 unspecified atom stereocenters. The van der Waals surface area contributed by atoms with Crippen molar-refractivity contribution in [3.63, 3.8) is 0 Å². The number of anilines is 1. The second-order valence-corrected chi connectivity index (χ2v) is 5.89. The zero-order chi connectivity index (χ0) is 14.1. The lowest BCUT2D eigenvalue weighted by Crippen LogP contribution is -2.46. The van der Waals surface area contributed by atoms with Gasteiger partial charge >= 0.3 is 0 Å². The van der Waals surface area contributed by atoms with E-state index in [1.807, 2.05) is 6.07 Å². The van der Waals surface area contributed by atoms with Gasteiger partial charge < -0.3 is 15.4 Å². The number of nitrogens with zero attached hydrogens (tertiary/aromatic N) is 1.